The molecule has 7 heteroatoms. The van der Waals surface area contributed by atoms with Crippen LogP contribution in [0.3, 0.4) is 0 Å². The molecule has 0 bridgehead atoms. The number of hydrogen-bond donors (Lipinski definition) is 0. The van der Waals surface area contributed by atoms with Crippen LogP contribution in [0.25, 0.3) is 0 Å². The zero-order valence-electron chi connectivity index (χ0n) is 13.2. The van der Waals surface area contributed by atoms with Crippen LogP contribution in [-0.4, -0.2) is 33.0 Å². The quantitative estimate of drug-likeness (QED) is 0.324. The van der Waals surface area contributed by atoms with Crippen LogP contribution in [0.1, 0.15) is 32.6 Å². The number of halogens is 4. The SMILES string of the molecule is CCCCCCOCCOCCOc1c(F)c(F)cc(F)c1F. The standard InChI is InChI=1S/C16H22F4O3/c1-2-3-4-5-6-21-7-8-22-9-10-23-16-14(19)12(17)11-13(18)15(16)20/h11H,2-10H2,1H3. The van der Waals surface area contributed by atoms with E-state index >= 15 is 0 Å². The molecule has 0 fully saturated rings. The van der Waals surface area contributed by atoms with Crippen molar-refractivity contribution in [2.45, 2.75) is 32.6 Å². The largest absolute Gasteiger partial charge is 0.485 e. The van der Waals surface area contributed by atoms with E-state index in [9.17, 15) is 17.6 Å². The Hall–Kier alpha value is -1.34. The Morgan fingerprint density at radius 3 is 1.91 bits per heavy atom. The Labute approximate surface area is 133 Å². The normalized spacial score (nSPS) is 11.0. The molecular weight excluding hydrogens is 316 g/mol. The van der Waals surface area contributed by atoms with Crippen molar-refractivity contribution in [1.82, 2.24) is 0 Å². The molecule has 0 spiro atoms. The number of rotatable bonds is 12. The van der Waals surface area contributed by atoms with Gasteiger partial charge in [-0.2, -0.15) is 8.78 Å². The van der Waals surface area contributed by atoms with Crippen molar-refractivity contribution in [1.29, 1.82) is 0 Å². The summed E-state index contributed by atoms with van der Waals surface area (Å²) >= 11 is 0. The van der Waals surface area contributed by atoms with Crippen molar-refractivity contribution in [3.05, 3.63) is 29.3 Å². The van der Waals surface area contributed by atoms with Gasteiger partial charge in [-0.1, -0.05) is 26.2 Å². The van der Waals surface area contributed by atoms with Gasteiger partial charge < -0.3 is 14.2 Å². The van der Waals surface area contributed by atoms with E-state index in [1.54, 1.807) is 0 Å². The lowest BCUT2D eigenvalue weighted by Crippen LogP contribution is -2.13. The molecule has 0 aliphatic rings. The second-order valence-corrected chi connectivity index (χ2v) is 4.93. The average molecular weight is 338 g/mol. The lowest BCUT2D eigenvalue weighted by molar-refractivity contribution is 0.0341. The minimum atomic E-state index is -1.56. The molecule has 132 valence electrons. The molecule has 1 aromatic rings. The van der Waals surface area contributed by atoms with Crippen molar-refractivity contribution in [3.8, 4) is 5.75 Å². The lowest BCUT2D eigenvalue weighted by Gasteiger charge is -2.10. The molecule has 1 rings (SSSR count). The van der Waals surface area contributed by atoms with E-state index in [1.807, 2.05) is 0 Å². The second kappa shape index (κ2) is 11.2. The van der Waals surface area contributed by atoms with Crippen molar-refractivity contribution in [2.24, 2.45) is 0 Å². The first-order valence-corrected chi connectivity index (χ1v) is 7.69. The fourth-order valence-corrected chi connectivity index (χ4v) is 1.83. The van der Waals surface area contributed by atoms with Crippen molar-refractivity contribution < 1.29 is 31.8 Å². The molecule has 0 saturated carbocycles. The van der Waals surface area contributed by atoms with Crippen LogP contribution in [0, 0.1) is 23.3 Å². The zero-order valence-corrected chi connectivity index (χ0v) is 13.2. The average Bonchev–Trinajstić information content (AvgIpc) is 2.53. The molecule has 0 N–H and O–H groups in total. The van der Waals surface area contributed by atoms with Crippen LogP contribution in [-0.2, 0) is 9.47 Å². The van der Waals surface area contributed by atoms with Gasteiger partial charge in [0.25, 0.3) is 0 Å². The number of unbranched alkanes of at least 4 members (excludes halogenated alkanes) is 3. The van der Waals surface area contributed by atoms with Crippen LogP contribution in [0.15, 0.2) is 6.07 Å². The van der Waals surface area contributed by atoms with Crippen LogP contribution >= 0.6 is 0 Å². The molecule has 0 atom stereocenters. The van der Waals surface area contributed by atoms with Crippen LogP contribution in [0.4, 0.5) is 17.6 Å². The molecule has 0 heterocycles. The number of hydrogen-bond acceptors (Lipinski definition) is 3. The van der Waals surface area contributed by atoms with Crippen molar-refractivity contribution in [2.75, 3.05) is 33.0 Å². The minimum Gasteiger partial charge on any atom is -0.485 e. The topological polar surface area (TPSA) is 27.7 Å². The molecule has 0 radical (unpaired) electrons. The van der Waals surface area contributed by atoms with Crippen molar-refractivity contribution >= 4 is 0 Å². The van der Waals surface area contributed by atoms with Gasteiger partial charge in [0, 0.05) is 12.7 Å². The molecule has 0 aliphatic carbocycles. The monoisotopic (exact) mass is 338 g/mol. The van der Waals surface area contributed by atoms with E-state index in [1.165, 1.54) is 12.8 Å². The summed E-state index contributed by atoms with van der Waals surface area (Å²) in [6.07, 6.45) is 4.48. The van der Waals surface area contributed by atoms with E-state index in [2.05, 4.69) is 6.92 Å². The summed E-state index contributed by atoms with van der Waals surface area (Å²) in [4.78, 5) is 0. The van der Waals surface area contributed by atoms with Crippen LogP contribution < -0.4 is 4.74 Å². The summed E-state index contributed by atoms with van der Waals surface area (Å²) in [6.45, 7) is 3.30. The zero-order chi connectivity index (χ0) is 17.1. The summed E-state index contributed by atoms with van der Waals surface area (Å²) in [7, 11) is 0. The maximum atomic E-state index is 13.3. The highest BCUT2D eigenvalue weighted by atomic mass is 19.2. The predicted octanol–water partition coefficient (Wildman–Crippen LogP) is 4.24. The van der Waals surface area contributed by atoms with Crippen molar-refractivity contribution in [3.63, 3.8) is 0 Å². The van der Waals surface area contributed by atoms with Gasteiger partial charge in [-0.3, -0.25) is 0 Å². The van der Waals surface area contributed by atoms with E-state index in [0.29, 0.717) is 19.8 Å². The van der Waals surface area contributed by atoms with Gasteiger partial charge in [0.1, 0.15) is 6.61 Å². The minimum absolute atomic E-state index is 0.0240. The molecule has 0 aliphatic heterocycles. The highest BCUT2D eigenvalue weighted by Gasteiger charge is 2.20. The second-order valence-electron chi connectivity index (χ2n) is 4.93. The summed E-state index contributed by atoms with van der Waals surface area (Å²) in [5.74, 6) is -7.19. The van der Waals surface area contributed by atoms with E-state index < -0.39 is 29.0 Å². The smallest absolute Gasteiger partial charge is 0.203 e. The van der Waals surface area contributed by atoms with Gasteiger partial charge in [-0.05, 0) is 6.42 Å². The Bertz CT molecular complexity index is 443. The Morgan fingerprint density at radius 2 is 1.30 bits per heavy atom. The van der Waals surface area contributed by atoms with E-state index in [-0.39, 0.29) is 19.3 Å². The molecule has 0 amide bonds. The third-order valence-corrected chi connectivity index (χ3v) is 3.06. The third-order valence-electron chi connectivity index (χ3n) is 3.06. The molecule has 0 aromatic heterocycles. The first-order valence-electron chi connectivity index (χ1n) is 7.69. The lowest BCUT2D eigenvalue weighted by atomic mass is 10.2. The highest BCUT2D eigenvalue weighted by Crippen LogP contribution is 2.26. The fourth-order valence-electron chi connectivity index (χ4n) is 1.83. The number of benzene rings is 1. The summed E-state index contributed by atoms with van der Waals surface area (Å²) < 4.78 is 67.6. The van der Waals surface area contributed by atoms with Crippen LogP contribution in [0.5, 0.6) is 5.75 Å². The third kappa shape index (κ3) is 7.18. The van der Waals surface area contributed by atoms with E-state index in [4.69, 9.17) is 14.2 Å². The van der Waals surface area contributed by atoms with Gasteiger partial charge in [-0.15, -0.1) is 0 Å². The number of ether oxygens (including phenoxy) is 3. The summed E-state index contributed by atoms with van der Waals surface area (Å²) in [5.41, 5.74) is 0. The molecular formula is C16H22F4O3. The van der Waals surface area contributed by atoms with E-state index in [0.717, 1.165) is 12.8 Å². The summed E-state index contributed by atoms with van der Waals surface area (Å²) in [6, 6.07) is 0.131. The van der Waals surface area contributed by atoms with Gasteiger partial charge in [0.15, 0.2) is 17.4 Å². The predicted molar refractivity (Wildman–Crippen MR) is 77.5 cm³/mol. The maximum Gasteiger partial charge on any atom is 0.203 e. The van der Waals surface area contributed by atoms with Gasteiger partial charge in [-0.25, -0.2) is 8.78 Å². The van der Waals surface area contributed by atoms with Gasteiger partial charge >= 0.3 is 0 Å². The molecule has 0 saturated heterocycles. The molecule has 1 aromatic carbocycles. The Balaban J connectivity index is 2.12. The molecule has 23 heavy (non-hydrogen) atoms. The summed E-state index contributed by atoms with van der Waals surface area (Å²) in [5, 5.41) is 0. The fraction of sp³-hybridized carbons (Fsp3) is 0.625. The van der Waals surface area contributed by atoms with Gasteiger partial charge in [0.05, 0.1) is 19.8 Å². The molecule has 0 unspecified atom stereocenters. The maximum absolute atomic E-state index is 13.3. The Morgan fingerprint density at radius 1 is 0.739 bits per heavy atom. The first kappa shape index (κ1) is 19.7. The highest BCUT2D eigenvalue weighted by molar-refractivity contribution is 5.28. The first-order chi connectivity index (χ1) is 11.1. The molecule has 3 nitrogen and oxygen atoms in total. The van der Waals surface area contributed by atoms with Gasteiger partial charge in [0.2, 0.25) is 11.6 Å². The Kier molecular flexibility index (Phi) is 9.63. The van der Waals surface area contributed by atoms with Crippen LogP contribution in [0.2, 0.25) is 0 Å².